The van der Waals surface area contributed by atoms with Crippen LogP contribution in [-0.2, 0) is 11.3 Å². The van der Waals surface area contributed by atoms with Crippen molar-refractivity contribution in [1.82, 2.24) is 24.4 Å². The molecule has 0 radical (unpaired) electrons. The smallest absolute Gasteiger partial charge is 0.408 e. The Hall–Kier alpha value is -4.27. The van der Waals surface area contributed by atoms with Gasteiger partial charge in [0.2, 0.25) is 5.91 Å². The third-order valence-corrected chi connectivity index (χ3v) is 4.48. The minimum atomic E-state index is -0.568. The van der Waals surface area contributed by atoms with Crippen molar-refractivity contribution in [3.8, 4) is 11.3 Å². The molecule has 5 rings (SSSR count). The Balaban J connectivity index is 1.39. The molecule has 0 aliphatic heterocycles. The van der Waals surface area contributed by atoms with Gasteiger partial charge in [0.05, 0.1) is 11.2 Å². The van der Waals surface area contributed by atoms with Gasteiger partial charge in [0.25, 0.3) is 0 Å². The van der Waals surface area contributed by atoms with Gasteiger partial charge in [-0.25, -0.2) is 4.79 Å². The van der Waals surface area contributed by atoms with E-state index in [0.717, 1.165) is 5.56 Å². The average Bonchev–Trinajstić information content (AvgIpc) is 3.32. The lowest BCUT2D eigenvalue weighted by Crippen LogP contribution is -2.24. The normalized spacial score (nSPS) is 11.2. The number of oxazole rings is 1. The van der Waals surface area contributed by atoms with Gasteiger partial charge in [-0.05, 0) is 36.4 Å². The maximum Gasteiger partial charge on any atom is 0.420 e. The molecular weight excluding hydrogens is 372 g/mol. The zero-order chi connectivity index (χ0) is 19.8. The van der Waals surface area contributed by atoms with Crippen molar-refractivity contribution in [3.05, 3.63) is 77.5 Å². The molecule has 3 aromatic heterocycles. The van der Waals surface area contributed by atoms with Gasteiger partial charge in [0.1, 0.15) is 12.9 Å². The highest BCUT2D eigenvalue weighted by atomic mass is 16.4. The van der Waals surface area contributed by atoms with Gasteiger partial charge in [0, 0.05) is 11.3 Å². The van der Waals surface area contributed by atoms with Crippen molar-refractivity contribution < 1.29 is 9.21 Å². The lowest BCUT2D eigenvalue weighted by atomic mass is 10.1. The van der Waals surface area contributed by atoms with E-state index in [9.17, 15) is 9.59 Å². The first kappa shape index (κ1) is 16.9. The predicted octanol–water partition coefficient (Wildman–Crippen LogP) is 2.34. The molecule has 5 aromatic rings. The number of benzene rings is 2. The number of hydrogen-bond donors (Lipinski definition) is 1. The molecule has 0 atom stereocenters. The van der Waals surface area contributed by atoms with Crippen LogP contribution in [0.25, 0.3) is 28.0 Å². The molecule has 2 aromatic carbocycles. The lowest BCUT2D eigenvalue weighted by Gasteiger charge is -2.08. The van der Waals surface area contributed by atoms with Crippen LogP contribution < -0.4 is 11.1 Å². The molecule has 9 nitrogen and oxygen atoms in total. The number of para-hydroxylation sites is 2. The number of hydrogen-bond acceptors (Lipinski definition) is 6. The van der Waals surface area contributed by atoms with Crippen molar-refractivity contribution in [2.24, 2.45) is 0 Å². The fourth-order valence-corrected chi connectivity index (χ4v) is 3.15. The van der Waals surface area contributed by atoms with Crippen LogP contribution in [0, 0.1) is 0 Å². The Morgan fingerprint density at radius 3 is 2.90 bits per heavy atom. The Kier molecular flexibility index (Phi) is 3.91. The highest BCUT2D eigenvalue weighted by Crippen LogP contribution is 2.21. The molecule has 0 aliphatic rings. The van der Waals surface area contributed by atoms with Gasteiger partial charge in [-0.2, -0.15) is 9.61 Å². The van der Waals surface area contributed by atoms with Crippen LogP contribution in [-0.4, -0.2) is 30.3 Å². The molecule has 1 amide bonds. The van der Waals surface area contributed by atoms with Gasteiger partial charge >= 0.3 is 5.76 Å². The van der Waals surface area contributed by atoms with Crippen LogP contribution in [0.5, 0.6) is 0 Å². The maximum absolute atomic E-state index is 12.5. The minimum absolute atomic E-state index is 0.148. The van der Waals surface area contributed by atoms with Crippen molar-refractivity contribution in [1.29, 1.82) is 0 Å². The molecule has 0 aliphatic carbocycles. The molecule has 0 saturated heterocycles. The molecule has 0 spiro atoms. The van der Waals surface area contributed by atoms with E-state index in [4.69, 9.17) is 4.42 Å². The van der Waals surface area contributed by atoms with Gasteiger partial charge < -0.3 is 9.73 Å². The molecule has 3 heterocycles. The van der Waals surface area contributed by atoms with E-state index in [1.165, 1.54) is 10.9 Å². The maximum atomic E-state index is 12.5. The molecule has 9 heteroatoms. The molecule has 29 heavy (non-hydrogen) atoms. The summed E-state index contributed by atoms with van der Waals surface area (Å²) in [4.78, 5) is 24.6. The first-order valence-corrected chi connectivity index (χ1v) is 8.83. The number of nitrogens with zero attached hydrogens (tertiary/aromatic N) is 5. The van der Waals surface area contributed by atoms with Crippen LogP contribution in [0.1, 0.15) is 0 Å². The Morgan fingerprint density at radius 1 is 1.07 bits per heavy atom. The number of fused-ring (bicyclic) bond motifs is 2. The van der Waals surface area contributed by atoms with Gasteiger partial charge in [0.15, 0.2) is 11.2 Å². The minimum Gasteiger partial charge on any atom is -0.408 e. The van der Waals surface area contributed by atoms with E-state index >= 15 is 0 Å². The number of amides is 1. The number of rotatable bonds is 4. The lowest BCUT2D eigenvalue weighted by molar-refractivity contribution is -0.116. The molecular formula is C20H14N6O3. The van der Waals surface area contributed by atoms with Crippen molar-refractivity contribution >= 4 is 28.3 Å². The van der Waals surface area contributed by atoms with Crippen LogP contribution in [0.4, 0.5) is 5.69 Å². The Morgan fingerprint density at radius 2 is 1.97 bits per heavy atom. The summed E-state index contributed by atoms with van der Waals surface area (Å²) in [5.41, 5.74) is 3.81. The largest absolute Gasteiger partial charge is 0.420 e. The monoisotopic (exact) mass is 386 g/mol. The van der Waals surface area contributed by atoms with Gasteiger partial charge in [-0.15, -0.1) is 10.2 Å². The summed E-state index contributed by atoms with van der Waals surface area (Å²) in [6.45, 7) is -0.148. The molecule has 0 bridgehead atoms. The van der Waals surface area contributed by atoms with Gasteiger partial charge in [-0.3, -0.25) is 9.36 Å². The topological polar surface area (TPSA) is 107 Å². The fraction of sp³-hybridized carbons (Fsp3) is 0.0500. The van der Waals surface area contributed by atoms with Crippen molar-refractivity contribution in [2.45, 2.75) is 6.54 Å². The second-order valence-corrected chi connectivity index (χ2v) is 6.40. The summed E-state index contributed by atoms with van der Waals surface area (Å²) in [5, 5.41) is 15.0. The van der Waals surface area contributed by atoms with Crippen molar-refractivity contribution in [3.63, 3.8) is 0 Å². The average molecular weight is 386 g/mol. The van der Waals surface area contributed by atoms with E-state index in [1.807, 2.05) is 30.3 Å². The zero-order valence-electron chi connectivity index (χ0n) is 15.0. The third-order valence-electron chi connectivity index (χ3n) is 4.48. The van der Waals surface area contributed by atoms with Gasteiger partial charge in [-0.1, -0.05) is 24.3 Å². The SMILES string of the molecule is O=C(Cn1c(=O)oc2ccccc21)Nc1cccc(-c2ccc3nncn3n2)c1. The highest BCUT2D eigenvalue weighted by Gasteiger charge is 2.13. The molecule has 142 valence electrons. The summed E-state index contributed by atoms with van der Waals surface area (Å²) in [6.07, 6.45) is 1.53. The summed E-state index contributed by atoms with van der Waals surface area (Å²) in [5.74, 6) is -0.903. The second kappa shape index (κ2) is 6.71. The molecule has 1 N–H and O–H groups in total. The summed E-state index contributed by atoms with van der Waals surface area (Å²) >= 11 is 0. The second-order valence-electron chi connectivity index (χ2n) is 6.40. The summed E-state index contributed by atoms with van der Waals surface area (Å²) < 4.78 is 8.04. The third kappa shape index (κ3) is 3.14. The first-order chi connectivity index (χ1) is 14.2. The predicted molar refractivity (Wildman–Crippen MR) is 105 cm³/mol. The number of nitrogens with one attached hydrogen (secondary N) is 1. The van der Waals surface area contributed by atoms with E-state index < -0.39 is 5.76 Å². The van der Waals surface area contributed by atoms with Crippen LogP contribution in [0.15, 0.2) is 76.2 Å². The number of carbonyl (C=O) groups is 1. The van der Waals surface area contributed by atoms with E-state index in [2.05, 4.69) is 20.6 Å². The van der Waals surface area contributed by atoms with E-state index in [0.29, 0.717) is 28.1 Å². The quantitative estimate of drug-likeness (QED) is 0.508. The fourth-order valence-electron chi connectivity index (χ4n) is 3.15. The number of carbonyl (C=O) groups excluding carboxylic acids is 1. The first-order valence-electron chi connectivity index (χ1n) is 8.83. The Bertz CT molecular complexity index is 1410. The summed E-state index contributed by atoms with van der Waals surface area (Å²) in [7, 11) is 0. The van der Waals surface area contributed by atoms with Crippen LogP contribution >= 0.6 is 0 Å². The van der Waals surface area contributed by atoms with Crippen LogP contribution in [0.3, 0.4) is 0 Å². The Labute approximate surface area is 163 Å². The molecule has 0 unspecified atom stereocenters. The number of anilines is 1. The zero-order valence-corrected chi connectivity index (χ0v) is 15.0. The number of aromatic nitrogens is 5. The summed E-state index contributed by atoms with van der Waals surface area (Å²) in [6, 6.07) is 17.9. The highest BCUT2D eigenvalue weighted by molar-refractivity contribution is 5.92. The van der Waals surface area contributed by atoms with E-state index in [1.54, 1.807) is 34.8 Å². The van der Waals surface area contributed by atoms with Crippen LogP contribution in [0.2, 0.25) is 0 Å². The standard InChI is InChI=1S/C20H14N6O3/c27-19(11-25-16-6-1-2-7-17(16)29-20(25)28)22-14-5-3-4-13(10-14)15-8-9-18-23-21-12-26(18)24-15/h1-10,12H,11H2,(H,22,27). The van der Waals surface area contributed by atoms with Crippen molar-refractivity contribution in [2.75, 3.05) is 5.32 Å². The molecule has 0 saturated carbocycles. The molecule has 0 fully saturated rings. The van der Waals surface area contributed by atoms with E-state index in [-0.39, 0.29) is 12.5 Å².